The number of nitrogens with zero attached hydrogens (tertiary/aromatic N) is 1. The Kier molecular flexibility index (Phi) is 4.84. The van der Waals surface area contributed by atoms with Crippen molar-refractivity contribution in [3.05, 3.63) is 34.4 Å². The molecule has 1 rings (SSSR count). The van der Waals surface area contributed by atoms with Gasteiger partial charge in [-0.2, -0.15) is 0 Å². The lowest BCUT2D eigenvalue weighted by molar-refractivity contribution is 0.0797. The van der Waals surface area contributed by atoms with Gasteiger partial charge in [-0.15, -0.1) is 0 Å². The Balaban J connectivity index is 2.93. The SMILES string of the molecule is Cc1cc(C)c(C(=O)N(C)CCC(N)=S)c(C)c1. The van der Waals surface area contributed by atoms with E-state index in [1.165, 1.54) is 5.56 Å². The molecule has 0 aliphatic rings. The van der Waals surface area contributed by atoms with Crippen LogP contribution in [0, 0.1) is 20.8 Å². The average molecular weight is 264 g/mol. The van der Waals surface area contributed by atoms with Gasteiger partial charge in [0.25, 0.3) is 5.91 Å². The highest BCUT2D eigenvalue weighted by atomic mass is 32.1. The van der Waals surface area contributed by atoms with Gasteiger partial charge in [0.15, 0.2) is 0 Å². The number of thiocarbonyl (C=S) groups is 1. The van der Waals surface area contributed by atoms with Crippen molar-refractivity contribution in [3.8, 4) is 0 Å². The second-order valence-electron chi connectivity index (χ2n) is 4.72. The van der Waals surface area contributed by atoms with Crippen LogP contribution >= 0.6 is 12.2 Å². The van der Waals surface area contributed by atoms with E-state index in [2.05, 4.69) is 0 Å². The molecule has 2 N–H and O–H groups in total. The second-order valence-corrected chi connectivity index (χ2v) is 5.24. The molecule has 98 valence electrons. The number of amides is 1. The number of aryl methyl sites for hydroxylation is 3. The lowest BCUT2D eigenvalue weighted by atomic mass is 9.99. The van der Waals surface area contributed by atoms with E-state index >= 15 is 0 Å². The number of carbonyl (C=O) groups is 1. The number of hydrogen-bond acceptors (Lipinski definition) is 2. The molecule has 4 heteroatoms. The zero-order valence-corrected chi connectivity index (χ0v) is 12.2. The summed E-state index contributed by atoms with van der Waals surface area (Å²) in [5.74, 6) is 0.0289. The zero-order chi connectivity index (χ0) is 13.9. The molecule has 0 saturated carbocycles. The minimum absolute atomic E-state index is 0.0289. The molecular formula is C14H20N2OS. The zero-order valence-electron chi connectivity index (χ0n) is 11.4. The van der Waals surface area contributed by atoms with Crippen molar-refractivity contribution in [1.82, 2.24) is 4.90 Å². The van der Waals surface area contributed by atoms with Gasteiger partial charge >= 0.3 is 0 Å². The predicted molar refractivity (Wildman–Crippen MR) is 79.0 cm³/mol. The number of rotatable bonds is 4. The van der Waals surface area contributed by atoms with Crippen LogP contribution < -0.4 is 5.73 Å². The summed E-state index contributed by atoms with van der Waals surface area (Å²) in [5, 5.41) is 0. The molecule has 0 radical (unpaired) electrons. The normalized spacial score (nSPS) is 10.2. The van der Waals surface area contributed by atoms with Crippen molar-refractivity contribution in [2.75, 3.05) is 13.6 Å². The van der Waals surface area contributed by atoms with Gasteiger partial charge in [-0.1, -0.05) is 29.9 Å². The molecule has 0 unspecified atom stereocenters. The maximum absolute atomic E-state index is 12.4. The molecule has 0 bridgehead atoms. The molecule has 0 aliphatic carbocycles. The largest absolute Gasteiger partial charge is 0.393 e. The van der Waals surface area contributed by atoms with Gasteiger partial charge in [-0.05, 0) is 31.9 Å². The minimum Gasteiger partial charge on any atom is -0.393 e. The average Bonchev–Trinajstić information content (AvgIpc) is 2.24. The number of benzene rings is 1. The Morgan fingerprint density at radius 3 is 2.22 bits per heavy atom. The van der Waals surface area contributed by atoms with Crippen LogP contribution in [-0.4, -0.2) is 29.4 Å². The van der Waals surface area contributed by atoms with Crippen molar-refractivity contribution < 1.29 is 4.79 Å². The molecule has 3 nitrogen and oxygen atoms in total. The van der Waals surface area contributed by atoms with E-state index in [0.29, 0.717) is 18.0 Å². The fourth-order valence-electron chi connectivity index (χ4n) is 2.09. The third-order valence-corrected chi connectivity index (χ3v) is 3.14. The fraction of sp³-hybridized carbons (Fsp3) is 0.429. The van der Waals surface area contributed by atoms with Crippen LogP contribution in [0.5, 0.6) is 0 Å². The van der Waals surface area contributed by atoms with E-state index in [9.17, 15) is 4.79 Å². The highest BCUT2D eigenvalue weighted by molar-refractivity contribution is 7.80. The fourth-order valence-corrected chi connectivity index (χ4v) is 2.18. The molecule has 0 spiro atoms. The summed E-state index contributed by atoms with van der Waals surface area (Å²) < 4.78 is 0. The first kappa shape index (κ1) is 14.6. The molecule has 0 aliphatic heterocycles. The third-order valence-electron chi connectivity index (χ3n) is 2.93. The first-order chi connectivity index (χ1) is 8.32. The molecule has 0 heterocycles. The monoisotopic (exact) mass is 264 g/mol. The van der Waals surface area contributed by atoms with E-state index in [-0.39, 0.29) is 5.91 Å². The maximum Gasteiger partial charge on any atom is 0.254 e. The van der Waals surface area contributed by atoms with Crippen molar-refractivity contribution in [1.29, 1.82) is 0 Å². The van der Waals surface area contributed by atoms with Gasteiger partial charge in [-0.25, -0.2) is 0 Å². The topological polar surface area (TPSA) is 46.3 Å². The third kappa shape index (κ3) is 3.53. The van der Waals surface area contributed by atoms with E-state index in [1.54, 1.807) is 11.9 Å². The van der Waals surface area contributed by atoms with E-state index in [4.69, 9.17) is 18.0 Å². The first-order valence-electron chi connectivity index (χ1n) is 5.94. The molecule has 18 heavy (non-hydrogen) atoms. The van der Waals surface area contributed by atoms with Crippen LogP contribution in [0.2, 0.25) is 0 Å². The molecule has 1 aromatic rings. The van der Waals surface area contributed by atoms with E-state index < -0.39 is 0 Å². The van der Waals surface area contributed by atoms with Crippen LogP contribution in [0.1, 0.15) is 33.5 Å². The first-order valence-corrected chi connectivity index (χ1v) is 6.35. The molecular weight excluding hydrogens is 244 g/mol. The molecule has 0 atom stereocenters. The molecule has 1 amide bonds. The Morgan fingerprint density at radius 2 is 1.78 bits per heavy atom. The van der Waals surface area contributed by atoms with Gasteiger partial charge in [0, 0.05) is 25.6 Å². The van der Waals surface area contributed by atoms with Gasteiger partial charge in [-0.3, -0.25) is 4.79 Å². The summed E-state index contributed by atoms with van der Waals surface area (Å²) in [6, 6.07) is 4.06. The van der Waals surface area contributed by atoms with Crippen molar-refractivity contribution in [2.45, 2.75) is 27.2 Å². The van der Waals surface area contributed by atoms with Crippen LogP contribution in [0.4, 0.5) is 0 Å². The summed E-state index contributed by atoms with van der Waals surface area (Å²) >= 11 is 4.83. The Hall–Kier alpha value is -1.42. The van der Waals surface area contributed by atoms with E-state index in [1.807, 2.05) is 32.9 Å². The van der Waals surface area contributed by atoms with Gasteiger partial charge in [0.05, 0.1) is 4.99 Å². The van der Waals surface area contributed by atoms with Gasteiger partial charge < -0.3 is 10.6 Å². The minimum atomic E-state index is 0.0289. The van der Waals surface area contributed by atoms with Crippen molar-refractivity contribution in [2.24, 2.45) is 5.73 Å². The van der Waals surface area contributed by atoms with Crippen molar-refractivity contribution in [3.63, 3.8) is 0 Å². The standard InChI is InChI=1S/C14H20N2OS/c1-9-7-10(2)13(11(3)8-9)14(17)16(4)6-5-12(15)18/h7-8H,5-6H2,1-4H3,(H2,15,18). The Bertz CT molecular complexity index is 460. The lowest BCUT2D eigenvalue weighted by Crippen LogP contribution is -2.31. The molecule has 1 aromatic carbocycles. The molecule has 0 aromatic heterocycles. The molecule has 0 saturated heterocycles. The lowest BCUT2D eigenvalue weighted by Gasteiger charge is -2.19. The van der Waals surface area contributed by atoms with Crippen molar-refractivity contribution >= 4 is 23.1 Å². The summed E-state index contributed by atoms with van der Waals surface area (Å²) in [4.78, 5) is 14.5. The Morgan fingerprint density at radius 1 is 1.28 bits per heavy atom. The maximum atomic E-state index is 12.4. The summed E-state index contributed by atoms with van der Waals surface area (Å²) in [7, 11) is 1.78. The molecule has 0 fully saturated rings. The van der Waals surface area contributed by atoms with Crippen LogP contribution in [0.25, 0.3) is 0 Å². The highest BCUT2D eigenvalue weighted by Gasteiger charge is 2.16. The Labute approximate surface area is 114 Å². The van der Waals surface area contributed by atoms with Gasteiger partial charge in [0.1, 0.15) is 0 Å². The predicted octanol–water partition coefficient (Wildman–Crippen LogP) is 2.36. The quantitative estimate of drug-likeness (QED) is 0.849. The summed E-state index contributed by atoms with van der Waals surface area (Å²) in [6.45, 7) is 6.52. The summed E-state index contributed by atoms with van der Waals surface area (Å²) in [6.07, 6.45) is 0.557. The van der Waals surface area contributed by atoms with E-state index in [0.717, 1.165) is 16.7 Å². The van der Waals surface area contributed by atoms with Crippen LogP contribution in [-0.2, 0) is 0 Å². The van der Waals surface area contributed by atoms with Gasteiger partial charge in [0.2, 0.25) is 0 Å². The smallest absolute Gasteiger partial charge is 0.254 e. The number of carbonyl (C=O) groups excluding carboxylic acids is 1. The highest BCUT2D eigenvalue weighted by Crippen LogP contribution is 2.18. The number of nitrogens with two attached hydrogens (primary N) is 1. The number of hydrogen-bond donors (Lipinski definition) is 1. The van der Waals surface area contributed by atoms with Crippen LogP contribution in [0.3, 0.4) is 0 Å². The summed E-state index contributed by atoms with van der Waals surface area (Å²) in [5.41, 5.74) is 9.44. The second kappa shape index (κ2) is 5.96. The van der Waals surface area contributed by atoms with Crippen LogP contribution in [0.15, 0.2) is 12.1 Å².